The molecule has 0 saturated carbocycles. The molecule has 1 amide bonds. The predicted molar refractivity (Wildman–Crippen MR) is 108 cm³/mol. The molecular formula is C17H11Cl2N3OS2. The molecular weight excluding hydrogens is 397 g/mol. The Hall–Kier alpha value is -1.99. The fourth-order valence-corrected chi connectivity index (χ4v) is 3.35. The van der Waals surface area contributed by atoms with Gasteiger partial charge in [-0.15, -0.1) is 11.3 Å². The minimum absolute atomic E-state index is 0.155. The van der Waals surface area contributed by atoms with Gasteiger partial charge in [-0.1, -0.05) is 47.5 Å². The Morgan fingerprint density at radius 3 is 2.52 bits per heavy atom. The van der Waals surface area contributed by atoms with Gasteiger partial charge in [-0.05, 0) is 36.5 Å². The maximum Gasteiger partial charge on any atom is 0.258 e. The first-order chi connectivity index (χ1) is 12.0. The number of anilines is 1. The molecule has 0 aliphatic carbocycles. The van der Waals surface area contributed by atoms with Crippen molar-refractivity contribution < 1.29 is 4.79 Å². The van der Waals surface area contributed by atoms with E-state index in [0.29, 0.717) is 20.7 Å². The summed E-state index contributed by atoms with van der Waals surface area (Å²) < 4.78 is 0. The van der Waals surface area contributed by atoms with Gasteiger partial charge in [0.25, 0.3) is 5.91 Å². The molecule has 3 aromatic rings. The van der Waals surface area contributed by atoms with E-state index in [9.17, 15) is 4.79 Å². The summed E-state index contributed by atoms with van der Waals surface area (Å²) in [6.45, 7) is 0. The highest BCUT2D eigenvalue weighted by atomic mass is 35.5. The van der Waals surface area contributed by atoms with Crippen molar-refractivity contribution in [2.24, 2.45) is 0 Å². The van der Waals surface area contributed by atoms with Crippen LogP contribution in [0.5, 0.6) is 0 Å². The standard InChI is InChI=1S/C17H11Cl2N3OS2/c18-11-7-5-10(6-8-11)14-9-25-17(20-14)22-16(24)21-15(23)12-3-1-2-4-13(12)19/h1-9H,(H2,20,21,22,23,24). The third kappa shape index (κ3) is 4.55. The predicted octanol–water partition coefficient (Wildman–Crippen LogP) is 5.24. The highest BCUT2D eigenvalue weighted by Crippen LogP contribution is 2.26. The molecule has 25 heavy (non-hydrogen) atoms. The fraction of sp³-hybridized carbons (Fsp3) is 0. The lowest BCUT2D eigenvalue weighted by Crippen LogP contribution is -2.34. The van der Waals surface area contributed by atoms with Gasteiger partial charge in [0.1, 0.15) is 0 Å². The van der Waals surface area contributed by atoms with Crippen molar-refractivity contribution in [2.45, 2.75) is 0 Å². The summed E-state index contributed by atoms with van der Waals surface area (Å²) >= 11 is 18.4. The second-order valence-corrected chi connectivity index (χ2v) is 7.04. The molecule has 1 heterocycles. The molecule has 3 rings (SSSR count). The van der Waals surface area contributed by atoms with Crippen LogP contribution in [0.1, 0.15) is 10.4 Å². The molecule has 0 fully saturated rings. The summed E-state index contributed by atoms with van der Waals surface area (Å²) in [4.78, 5) is 16.6. The van der Waals surface area contributed by atoms with Gasteiger partial charge < -0.3 is 5.32 Å². The zero-order chi connectivity index (χ0) is 17.8. The van der Waals surface area contributed by atoms with E-state index in [1.54, 1.807) is 36.4 Å². The maximum atomic E-state index is 12.2. The van der Waals surface area contributed by atoms with Crippen molar-refractivity contribution in [3.8, 4) is 11.3 Å². The Labute approximate surface area is 163 Å². The Bertz CT molecular complexity index is 926. The van der Waals surface area contributed by atoms with E-state index in [4.69, 9.17) is 35.4 Å². The first-order valence-corrected chi connectivity index (χ1v) is 9.15. The number of amides is 1. The zero-order valence-electron chi connectivity index (χ0n) is 12.6. The Balaban J connectivity index is 1.65. The van der Waals surface area contributed by atoms with E-state index in [0.717, 1.165) is 11.3 Å². The quantitative estimate of drug-likeness (QED) is 0.582. The summed E-state index contributed by atoms with van der Waals surface area (Å²) in [5.74, 6) is -0.377. The van der Waals surface area contributed by atoms with Crippen molar-refractivity contribution in [3.05, 3.63) is 69.5 Å². The minimum Gasteiger partial charge on any atom is -0.308 e. The summed E-state index contributed by atoms with van der Waals surface area (Å²) in [5, 5.41) is 9.15. The number of nitrogens with zero attached hydrogens (tertiary/aromatic N) is 1. The van der Waals surface area contributed by atoms with Crippen molar-refractivity contribution in [2.75, 3.05) is 5.32 Å². The van der Waals surface area contributed by atoms with Crippen molar-refractivity contribution in [1.82, 2.24) is 10.3 Å². The number of hydrogen-bond donors (Lipinski definition) is 2. The summed E-state index contributed by atoms with van der Waals surface area (Å²) in [6, 6.07) is 14.1. The van der Waals surface area contributed by atoms with Gasteiger partial charge in [0.2, 0.25) is 0 Å². The molecule has 0 saturated heterocycles. The van der Waals surface area contributed by atoms with Gasteiger partial charge in [0, 0.05) is 16.0 Å². The van der Waals surface area contributed by atoms with Crippen LogP contribution in [-0.2, 0) is 0 Å². The highest BCUT2D eigenvalue weighted by Gasteiger charge is 2.12. The van der Waals surface area contributed by atoms with Crippen LogP contribution in [0.3, 0.4) is 0 Å². The van der Waals surface area contributed by atoms with Crippen LogP contribution in [0.4, 0.5) is 5.13 Å². The zero-order valence-corrected chi connectivity index (χ0v) is 15.8. The lowest BCUT2D eigenvalue weighted by atomic mass is 10.2. The van der Waals surface area contributed by atoms with Crippen molar-refractivity contribution >= 4 is 62.9 Å². The van der Waals surface area contributed by atoms with E-state index < -0.39 is 0 Å². The van der Waals surface area contributed by atoms with Crippen LogP contribution < -0.4 is 10.6 Å². The van der Waals surface area contributed by atoms with Crippen LogP contribution in [0, 0.1) is 0 Å². The maximum absolute atomic E-state index is 12.2. The summed E-state index contributed by atoms with van der Waals surface area (Å²) in [7, 11) is 0. The number of hydrogen-bond acceptors (Lipinski definition) is 4. The number of halogens is 2. The largest absolute Gasteiger partial charge is 0.308 e. The average Bonchev–Trinajstić information content (AvgIpc) is 3.04. The lowest BCUT2D eigenvalue weighted by Gasteiger charge is -2.08. The van der Waals surface area contributed by atoms with Crippen LogP contribution in [0.25, 0.3) is 11.3 Å². The number of thiocarbonyl (C=S) groups is 1. The number of thiazole rings is 1. The van der Waals surface area contributed by atoms with Crippen LogP contribution >= 0.6 is 46.8 Å². The molecule has 0 spiro atoms. The van der Waals surface area contributed by atoms with E-state index in [-0.39, 0.29) is 11.0 Å². The Morgan fingerprint density at radius 1 is 1.08 bits per heavy atom. The number of carbonyl (C=O) groups is 1. The molecule has 2 N–H and O–H groups in total. The van der Waals surface area contributed by atoms with Crippen LogP contribution in [-0.4, -0.2) is 16.0 Å². The van der Waals surface area contributed by atoms with E-state index in [1.807, 2.05) is 17.5 Å². The monoisotopic (exact) mass is 407 g/mol. The van der Waals surface area contributed by atoms with Gasteiger partial charge in [0.15, 0.2) is 10.2 Å². The Morgan fingerprint density at radius 2 is 1.80 bits per heavy atom. The van der Waals surface area contributed by atoms with Gasteiger partial charge in [-0.3, -0.25) is 10.1 Å². The highest BCUT2D eigenvalue weighted by molar-refractivity contribution is 7.80. The molecule has 0 radical (unpaired) electrons. The molecule has 8 heteroatoms. The molecule has 126 valence electrons. The second-order valence-electron chi connectivity index (χ2n) is 4.93. The third-order valence-electron chi connectivity index (χ3n) is 3.21. The molecule has 4 nitrogen and oxygen atoms in total. The molecule has 0 unspecified atom stereocenters. The topological polar surface area (TPSA) is 54.0 Å². The Kier molecular flexibility index (Phi) is 5.65. The molecule has 1 aromatic heterocycles. The van der Waals surface area contributed by atoms with Crippen molar-refractivity contribution in [3.63, 3.8) is 0 Å². The number of benzene rings is 2. The van der Waals surface area contributed by atoms with E-state index >= 15 is 0 Å². The average molecular weight is 408 g/mol. The number of nitrogens with one attached hydrogen (secondary N) is 2. The minimum atomic E-state index is -0.377. The second kappa shape index (κ2) is 7.93. The fourth-order valence-electron chi connectivity index (χ4n) is 2.03. The lowest BCUT2D eigenvalue weighted by molar-refractivity contribution is 0.0978. The first kappa shape index (κ1) is 17.8. The number of carbonyl (C=O) groups excluding carboxylic acids is 1. The van der Waals surface area contributed by atoms with Crippen LogP contribution in [0.15, 0.2) is 53.9 Å². The third-order valence-corrected chi connectivity index (χ3v) is 4.75. The first-order valence-electron chi connectivity index (χ1n) is 7.11. The smallest absolute Gasteiger partial charge is 0.258 e. The van der Waals surface area contributed by atoms with Crippen molar-refractivity contribution in [1.29, 1.82) is 0 Å². The van der Waals surface area contributed by atoms with Gasteiger partial charge >= 0.3 is 0 Å². The number of aromatic nitrogens is 1. The molecule has 0 aliphatic rings. The normalized spacial score (nSPS) is 10.3. The molecule has 0 atom stereocenters. The van der Waals surface area contributed by atoms with Crippen LogP contribution in [0.2, 0.25) is 10.0 Å². The summed E-state index contributed by atoms with van der Waals surface area (Å²) in [6.07, 6.45) is 0. The summed E-state index contributed by atoms with van der Waals surface area (Å²) in [5.41, 5.74) is 2.10. The SMILES string of the molecule is O=C(NC(=S)Nc1nc(-c2ccc(Cl)cc2)cs1)c1ccccc1Cl. The van der Waals surface area contributed by atoms with Gasteiger partial charge in [-0.2, -0.15) is 0 Å². The molecule has 2 aromatic carbocycles. The number of rotatable bonds is 3. The van der Waals surface area contributed by atoms with E-state index in [1.165, 1.54) is 11.3 Å². The molecule has 0 aliphatic heterocycles. The van der Waals surface area contributed by atoms with Gasteiger partial charge in [-0.25, -0.2) is 4.98 Å². The van der Waals surface area contributed by atoms with E-state index in [2.05, 4.69) is 15.6 Å². The van der Waals surface area contributed by atoms with Gasteiger partial charge in [0.05, 0.1) is 16.3 Å². The molecule has 0 bridgehead atoms.